The molecule has 3 aromatic rings. The summed E-state index contributed by atoms with van der Waals surface area (Å²) in [7, 11) is 0. The number of hydrogen-bond acceptors (Lipinski definition) is 2. The van der Waals surface area contributed by atoms with Gasteiger partial charge in [0.15, 0.2) is 0 Å². The van der Waals surface area contributed by atoms with E-state index in [9.17, 15) is 14.0 Å². The van der Waals surface area contributed by atoms with Crippen molar-refractivity contribution < 1.29 is 14.0 Å². The first-order chi connectivity index (χ1) is 13.5. The van der Waals surface area contributed by atoms with Crippen LogP contribution in [0.15, 0.2) is 72.8 Å². The van der Waals surface area contributed by atoms with E-state index in [4.69, 9.17) is 0 Å². The molecule has 0 saturated heterocycles. The third-order valence-electron chi connectivity index (χ3n) is 4.69. The average Bonchev–Trinajstić information content (AvgIpc) is 2.84. The first-order valence-corrected chi connectivity index (χ1v) is 9.82. The fraction of sp³-hybridized carbons (Fsp3) is 0.0909. The van der Waals surface area contributed by atoms with Crippen LogP contribution in [0.3, 0.4) is 0 Å². The van der Waals surface area contributed by atoms with E-state index in [0.717, 1.165) is 9.13 Å². The van der Waals surface area contributed by atoms with Crippen molar-refractivity contribution in [2.75, 3.05) is 11.9 Å². The van der Waals surface area contributed by atoms with Crippen LogP contribution in [-0.4, -0.2) is 23.3 Å². The highest BCUT2D eigenvalue weighted by molar-refractivity contribution is 14.1. The molecule has 1 heterocycles. The molecule has 2 amide bonds. The van der Waals surface area contributed by atoms with Gasteiger partial charge < -0.3 is 10.2 Å². The number of fused-ring (bicyclic) bond motifs is 1. The summed E-state index contributed by atoms with van der Waals surface area (Å²) in [6, 6.07) is 20.2. The molecule has 0 aliphatic carbocycles. The number of carbonyl (C=O) groups excluding carboxylic acids is 2. The van der Waals surface area contributed by atoms with Crippen molar-refractivity contribution in [3.63, 3.8) is 0 Å². The molecular weight excluding hydrogens is 470 g/mol. The number of carbonyl (C=O) groups is 2. The van der Waals surface area contributed by atoms with Crippen molar-refractivity contribution in [3.05, 3.63) is 98.9 Å². The predicted octanol–water partition coefficient (Wildman–Crippen LogP) is 4.61. The molecule has 0 radical (unpaired) electrons. The highest BCUT2D eigenvalue weighted by Gasteiger charge is 2.34. The van der Waals surface area contributed by atoms with E-state index < -0.39 is 11.9 Å². The maximum atomic E-state index is 14.1. The summed E-state index contributed by atoms with van der Waals surface area (Å²) in [6.07, 6.45) is 0. The van der Waals surface area contributed by atoms with E-state index in [0.29, 0.717) is 16.8 Å². The van der Waals surface area contributed by atoms with Gasteiger partial charge in [-0.05, 0) is 58.5 Å². The van der Waals surface area contributed by atoms with E-state index in [-0.39, 0.29) is 18.4 Å². The van der Waals surface area contributed by atoms with Gasteiger partial charge in [0.2, 0.25) is 5.91 Å². The molecule has 28 heavy (non-hydrogen) atoms. The maximum Gasteiger partial charge on any atom is 0.256 e. The zero-order chi connectivity index (χ0) is 19.7. The lowest BCUT2D eigenvalue weighted by Gasteiger charge is -2.31. The van der Waals surface area contributed by atoms with Gasteiger partial charge in [0, 0.05) is 14.8 Å². The van der Waals surface area contributed by atoms with E-state index in [1.807, 2.05) is 42.5 Å². The standard InChI is InChI=1S/C22H16FIN2O2/c23-15-10-11-19-17(12-15)21(14-6-2-1-3-7-14)26(13-20(27)25-19)22(28)16-8-4-5-9-18(16)24/h1-12,21H,13H2,(H,25,27)/t21-/m0/s1. The molecule has 6 heteroatoms. The summed E-state index contributed by atoms with van der Waals surface area (Å²) >= 11 is 2.11. The number of nitrogens with one attached hydrogen (secondary N) is 1. The molecule has 0 fully saturated rings. The topological polar surface area (TPSA) is 49.4 Å². The molecule has 0 saturated carbocycles. The van der Waals surface area contributed by atoms with Gasteiger partial charge >= 0.3 is 0 Å². The minimum absolute atomic E-state index is 0.125. The molecule has 0 bridgehead atoms. The molecule has 0 aromatic heterocycles. The summed E-state index contributed by atoms with van der Waals surface area (Å²) in [5.74, 6) is -1.01. The van der Waals surface area contributed by atoms with Gasteiger partial charge in [-0.15, -0.1) is 0 Å². The van der Waals surface area contributed by atoms with Gasteiger partial charge in [0.05, 0.1) is 11.6 Å². The van der Waals surface area contributed by atoms with Gasteiger partial charge in [-0.25, -0.2) is 4.39 Å². The summed E-state index contributed by atoms with van der Waals surface area (Å²) in [5, 5.41) is 2.80. The van der Waals surface area contributed by atoms with E-state index in [1.165, 1.54) is 17.0 Å². The van der Waals surface area contributed by atoms with Crippen molar-refractivity contribution in [2.24, 2.45) is 0 Å². The zero-order valence-corrected chi connectivity index (χ0v) is 16.9. The van der Waals surface area contributed by atoms with Crippen LogP contribution in [-0.2, 0) is 4.79 Å². The maximum absolute atomic E-state index is 14.1. The smallest absolute Gasteiger partial charge is 0.256 e. The Bertz CT molecular complexity index is 1060. The van der Waals surface area contributed by atoms with Crippen LogP contribution in [0.4, 0.5) is 10.1 Å². The third-order valence-corrected chi connectivity index (χ3v) is 5.63. The lowest BCUT2D eigenvalue weighted by molar-refractivity contribution is -0.117. The Morgan fingerprint density at radius 2 is 1.75 bits per heavy atom. The number of nitrogens with zero attached hydrogens (tertiary/aromatic N) is 1. The quantitative estimate of drug-likeness (QED) is 0.538. The fourth-order valence-corrected chi connectivity index (χ4v) is 4.07. The van der Waals surface area contributed by atoms with E-state index in [2.05, 4.69) is 27.9 Å². The monoisotopic (exact) mass is 486 g/mol. The molecule has 140 valence electrons. The molecule has 1 aliphatic rings. The number of anilines is 1. The Balaban J connectivity index is 1.91. The van der Waals surface area contributed by atoms with Gasteiger partial charge in [-0.1, -0.05) is 42.5 Å². The lowest BCUT2D eigenvalue weighted by Crippen LogP contribution is -2.39. The number of benzene rings is 3. The molecule has 3 aromatic carbocycles. The van der Waals surface area contributed by atoms with E-state index >= 15 is 0 Å². The molecular formula is C22H16FIN2O2. The molecule has 1 atom stereocenters. The Hall–Kier alpha value is -2.74. The summed E-state index contributed by atoms with van der Waals surface area (Å²) < 4.78 is 14.9. The summed E-state index contributed by atoms with van der Waals surface area (Å²) in [4.78, 5) is 27.5. The van der Waals surface area contributed by atoms with Crippen LogP contribution < -0.4 is 5.32 Å². The molecule has 4 rings (SSSR count). The first kappa shape index (κ1) is 18.6. The van der Waals surface area contributed by atoms with Crippen LogP contribution >= 0.6 is 22.6 Å². The predicted molar refractivity (Wildman–Crippen MR) is 114 cm³/mol. The van der Waals surface area contributed by atoms with Gasteiger partial charge in [-0.2, -0.15) is 0 Å². The Morgan fingerprint density at radius 3 is 2.50 bits per heavy atom. The van der Waals surface area contributed by atoms with Crippen molar-refractivity contribution in [2.45, 2.75) is 6.04 Å². The van der Waals surface area contributed by atoms with Crippen LogP contribution in [0.1, 0.15) is 27.5 Å². The summed E-state index contributed by atoms with van der Waals surface area (Å²) in [5.41, 5.74) is 2.39. The fourth-order valence-electron chi connectivity index (χ4n) is 3.45. The number of hydrogen-bond donors (Lipinski definition) is 1. The van der Waals surface area contributed by atoms with Crippen LogP contribution in [0.25, 0.3) is 0 Å². The van der Waals surface area contributed by atoms with Crippen molar-refractivity contribution >= 4 is 40.1 Å². The van der Waals surface area contributed by atoms with Crippen LogP contribution in [0, 0.1) is 9.39 Å². The second kappa shape index (κ2) is 7.71. The summed E-state index contributed by atoms with van der Waals surface area (Å²) in [6.45, 7) is -0.125. The van der Waals surface area contributed by atoms with Gasteiger partial charge in [0.1, 0.15) is 12.4 Å². The minimum atomic E-state index is -0.589. The Morgan fingerprint density at radius 1 is 1.04 bits per heavy atom. The largest absolute Gasteiger partial charge is 0.324 e. The number of amides is 2. The SMILES string of the molecule is O=C1CN(C(=O)c2ccccc2I)[C@@H](c2ccccc2)c2cc(F)ccc2N1. The average molecular weight is 486 g/mol. The van der Waals surface area contributed by atoms with Crippen molar-refractivity contribution in [1.29, 1.82) is 0 Å². The molecule has 4 nitrogen and oxygen atoms in total. The first-order valence-electron chi connectivity index (χ1n) is 8.74. The lowest BCUT2D eigenvalue weighted by atomic mass is 9.95. The molecule has 1 N–H and O–H groups in total. The molecule has 0 spiro atoms. The normalized spacial score (nSPS) is 16.1. The molecule has 0 unspecified atom stereocenters. The van der Waals surface area contributed by atoms with Crippen molar-refractivity contribution in [1.82, 2.24) is 4.90 Å². The number of halogens is 2. The number of rotatable bonds is 2. The zero-order valence-electron chi connectivity index (χ0n) is 14.7. The van der Waals surface area contributed by atoms with E-state index in [1.54, 1.807) is 18.2 Å². The van der Waals surface area contributed by atoms with Gasteiger partial charge in [-0.3, -0.25) is 9.59 Å². The Kier molecular flexibility index (Phi) is 5.13. The second-order valence-electron chi connectivity index (χ2n) is 6.51. The van der Waals surface area contributed by atoms with Crippen LogP contribution in [0.5, 0.6) is 0 Å². The second-order valence-corrected chi connectivity index (χ2v) is 7.67. The van der Waals surface area contributed by atoms with Gasteiger partial charge in [0.25, 0.3) is 5.91 Å². The van der Waals surface area contributed by atoms with Crippen molar-refractivity contribution in [3.8, 4) is 0 Å². The highest BCUT2D eigenvalue weighted by atomic mass is 127. The third kappa shape index (κ3) is 3.52. The Labute approximate surface area is 175 Å². The van der Waals surface area contributed by atoms with Crippen LogP contribution in [0.2, 0.25) is 0 Å². The molecule has 1 aliphatic heterocycles. The highest BCUT2D eigenvalue weighted by Crippen LogP contribution is 2.37. The minimum Gasteiger partial charge on any atom is -0.324 e.